The van der Waals surface area contributed by atoms with Crippen molar-refractivity contribution in [2.75, 3.05) is 39.4 Å². The number of hydrogen-bond donors (Lipinski definition) is 2. The van der Waals surface area contributed by atoms with E-state index in [2.05, 4.69) is 10.2 Å². The van der Waals surface area contributed by atoms with E-state index < -0.39 is 0 Å². The molecule has 0 spiro atoms. The van der Waals surface area contributed by atoms with E-state index in [9.17, 15) is 5.11 Å². The fraction of sp³-hybridized carbons (Fsp3) is 1.00. The van der Waals surface area contributed by atoms with Crippen LogP contribution in [0.3, 0.4) is 0 Å². The molecule has 0 aromatic rings. The molecule has 4 nitrogen and oxygen atoms in total. The third-order valence-electron chi connectivity index (χ3n) is 6.04. The van der Waals surface area contributed by atoms with Gasteiger partial charge in [-0.1, -0.05) is 19.3 Å². The molecule has 22 heavy (non-hydrogen) atoms. The Morgan fingerprint density at radius 2 is 1.68 bits per heavy atom. The van der Waals surface area contributed by atoms with E-state index >= 15 is 0 Å². The molecule has 0 radical (unpaired) electrons. The molecule has 3 aliphatic rings. The van der Waals surface area contributed by atoms with E-state index in [0.29, 0.717) is 11.5 Å². The third-order valence-corrected chi connectivity index (χ3v) is 6.04. The molecule has 3 rings (SSSR count). The average Bonchev–Trinajstić information content (AvgIpc) is 2.56. The van der Waals surface area contributed by atoms with Crippen LogP contribution in [0.2, 0.25) is 0 Å². The average molecular weight is 310 g/mol. The molecule has 0 amide bonds. The molecule has 1 heterocycles. The monoisotopic (exact) mass is 310 g/mol. The van der Waals surface area contributed by atoms with E-state index in [1.807, 2.05) is 0 Å². The van der Waals surface area contributed by atoms with Gasteiger partial charge in [-0.2, -0.15) is 0 Å². The lowest BCUT2D eigenvalue weighted by Gasteiger charge is -2.43. The highest BCUT2D eigenvalue weighted by atomic mass is 16.5. The van der Waals surface area contributed by atoms with Crippen molar-refractivity contribution < 1.29 is 9.84 Å². The summed E-state index contributed by atoms with van der Waals surface area (Å²) in [6.07, 6.45) is 11.2. The summed E-state index contributed by atoms with van der Waals surface area (Å²) in [4.78, 5) is 2.63. The molecule has 3 fully saturated rings. The van der Waals surface area contributed by atoms with Crippen LogP contribution in [0.15, 0.2) is 0 Å². The van der Waals surface area contributed by atoms with E-state index in [4.69, 9.17) is 4.74 Å². The van der Waals surface area contributed by atoms with Crippen molar-refractivity contribution in [3.8, 4) is 0 Å². The van der Waals surface area contributed by atoms with Gasteiger partial charge in [0.2, 0.25) is 0 Å². The smallest absolute Gasteiger partial charge is 0.0594 e. The Labute approximate surface area is 135 Å². The maximum atomic E-state index is 9.66. The zero-order chi connectivity index (χ0) is 15.3. The lowest BCUT2D eigenvalue weighted by Crippen LogP contribution is -2.50. The Kier molecular flexibility index (Phi) is 6.14. The van der Waals surface area contributed by atoms with E-state index in [1.165, 1.54) is 45.2 Å². The predicted molar refractivity (Wildman–Crippen MR) is 89.0 cm³/mol. The molecule has 2 N–H and O–H groups in total. The van der Waals surface area contributed by atoms with Crippen molar-refractivity contribution in [3.05, 3.63) is 0 Å². The zero-order valence-electron chi connectivity index (χ0n) is 14.1. The van der Waals surface area contributed by atoms with Gasteiger partial charge in [0.1, 0.15) is 0 Å². The number of hydrogen-bond acceptors (Lipinski definition) is 4. The van der Waals surface area contributed by atoms with Gasteiger partial charge in [0.05, 0.1) is 19.3 Å². The highest BCUT2D eigenvalue weighted by Crippen LogP contribution is 2.37. The molecular formula is C18H34N2O2. The Bertz CT molecular complexity index is 317. The highest BCUT2D eigenvalue weighted by Gasteiger charge is 2.35. The lowest BCUT2D eigenvalue weighted by atomic mass is 9.73. The molecule has 1 saturated heterocycles. The van der Waals surface area contributed by atoms with Gasteiger partial charge in [-0.05, 0) is 43.9 Å². The number of rotatable bonds is 5. The molecule has 2 aliphatic carbocycles. The van der Waals surface area contributed by atoms with Crippen LogP contribution in [0, 0.1) is 5.41 Å². The first-order valence-corrected chi connectivity index (χ1v) is 9.47. The number of ether oxygens (including phenoxy) is 1. The molecule has 1 aliphatic heterocycles. The zero-order valence-corrected chi connectivity index (χ0v) is 14.1. The summed E-state index contributed by atoms with van der Waals surface area (Å²) in [5.41, 5.74) is 0.478. The Balaban J connectivity index is 1.52. The van der Waals surface area contributed by atoms with Gasteiger partial charge in [-0.25, -0.2) is 0 Å². The maximum absolute atomic E-state index is 9.66. The summed E-state index contributed by atoms with van der Waals surface area (Å²) in [6, 6.07) is 0.631. The highest BCUT2D eigenvalue weighted by molar-refractivity contribution is 4.90. The van der Waals surface area contributed by atoms with Crippen LogP contribution in [-0.2, 0) is 4.74 Å². The number of aliphatic hydroxyl groups is 1. The van der Waals surface area contributed by atoms with Crippen LogP contribution in [0.4, 0.5) is 0 Å². The third kappa shape index (κ3) is 4.67. The number of morpholine rings is 1. The summed E-state index contributed by atoms with van der Waals surface area (Å²) < 4.78 is 5.51. The molecule has 0 aromatic heterocycles. The molecule has 0 atom stereocenters. The molecule has 4 heteroatoms. The fourth-order valence-corrected chi connectivity index (χ4v) is 4.57. The van der Waals surface area contributed by atoms with Crippen LogP contribution in [-0.4, -0.2) is 61.5 Å². The van der Waals surface area contributed by atoms with Crippen molar-refractivity contribution >= 4 is 0 Å². The van der Waals surface area contributed by atoms with E-state index in [-0.39, 0.29) is 6.10 Å². The quantitative estimate of drug-likeness (QED) is 0.817. The minimum Gasteiger partial charge on any atom is -0.393 e. The maximum Gasteiger partial charge on any atom is 0.0594 e. The van der Waals surface area contributed by atoms with Gasteiger partial charge in [0.15, 0.2) is 0 Å². The Morgan fingerprint density at radius 1 is 1.00 bits per heavy atom. The minimum absolute atomic E-state index is 0.0463. The Hall–Kier alpha value is -0.160. The second kappa shape index (κ2) is 8.09. The molecule has 0 unspecified atom stereocenters. The van der Waals surface area contributed by atoms with Crippen LogP contribution >= 0.6 is 0 Å². The van der Waals surface area contributed by atoms with Crippen molar-refractivity contribution in [2.24, 2.45) is 5.41 Å². The largest absolute Gasteiger partial charge is 0.393 e. The van der Waals surface area contributed by atoms with Crippen LogP contribution in [0.5, 0.6) is 0 Å². The molecular weight excluding hydrogens is 276 g/mol. The minimum atomic E-state index is -0.0463. The summed E-state index contributed by atoms with van der Waals surface area (Å²) >= 11 is 0. The standard InChI is InChI=1S/C18H34N2O2/c21-17-6-4-16(5-7-17)19-14-18(8-2-1-3-9-18)15-20-10-12-22-13-11-20/h16-17,19,21H,1-15H2. The van der Waals surface area contributed by atoms with Gasteiger partial charge in [0, 0.05) is 32.2 Å². The first-order valence-electron chi connectivity index (χ1n) is 9.47. The summed E-state index contributed by atoms with van der Waals surface area (Å²) in [5.74, 6) is 0. The lowest BCUT2D eigenvalue weighted by molar-refractivity contribution is 0.00579. The SMILES string of the molecule is OC1CCC(NCC2(CN3CCOCC3)CCCCC2)CC1. The summed E-state index contributed by atoms with van der Waals surface area (Å²) in [5, 5.41) is 13.5. The first kappa shape index (κ1) is 16.7. The van der Waals surface area contributed by atoms with Gasteiger partial charge in [-0.3, -0.25) is 4.90 Å². The summed E-state index contributed by atoms with van der Waals surface area (Å²) in [6.45, 7) is 6.45. The summed E-state index contributed by atoms with van der Waals surface area (Å²) in [7, 11) is 0. The molecule has 0 bridgehead atoms. The van der Waals surface area contributed by atoms with Crippen molar-refractivity contribution in [2.45, 2.75) is 69.9 Å². The van der Waals surface area contributed by atoms with Gasteiger partial charge in [-0.15, -0.1) is 0 Å². The predicted octanol–water partition coefficient (Wildman–Crippen LogP) is 2.16. The van der Waals surface area contributed by atoms with Gasteiger partial charge < -0.3 is 15.2 Å². The van der Waals surface area contributed by atoms with Crippen molar-refractivity contribution in [1.29, 1.82) is 0 Å². The number of nitrogens with zero attached hydrogens (tertiary/aromatic N) is 1. The van der Waals surface area contributed by atoms with Crippen molar-refractivity contribution in [3.63, 3.8) is 0 Å². The van der Waals surface area contributed by atoms with Crippen LogP contribution < -0.4 is 5.32 Å². The van der Waals surface area contributed by atoms with E-state index in [0.717, 1.165) is 52.0 Å². The molecule has 0 aromatic carbocycles. The number of aliphatic hydroxyl groups excluding tert-OH is 1. The second-order valence-corrected chi connectivity index (χ2v) is 7.84. The number of nitrogens with one attached hydrogen (secondary N) is 1. The topological polar surface area (TPSA) is 44.7 Å². The van der Waals surface area contributed by atoms with Crippen LogP contribution in [0.1, 0.15) is 57.8 Å². The Morgan fingerprint density at radius 3 is 2.36 bits per heavy atom. The normalized spacial score (nSPS) is 33.7. The van der Waals surface area contributed by atoms with Gasteiger partial charge in [0.25, 0.3) is 0 Å². The molecule has 2 saturated carbocycles. The van der Waals surface area contributed by atoms with Gasteiger partial charge >= 0.3 is 0 Å². The fourth-order valence-electron chi connectivity index (χ4n) is 4.57. The van der Waals surface area contributed by atoms with Crippen LogP contribution in [0.25, 0.3) is 0 Å². The first-order chi connectivity index (χ1) is 10.8. The molecule has 128 valence electrons. The van der Waals surface area contributed by atoms with E-state index in [1.54, 1.807) is 0 Å². The second-order valence-electron chi connectivity index (χ2n) is 7.84. The van der Waals surface area contributed by atoms with Crippen molar-refractivity contribution in [1.82, 2.24) is 10.2 Å².